The highest BCUT2D eigenvalue weighted by Gasteiger charge is 2.08. The van der Waals surface area contributed by atoms with Crippen molar-refractivity contribution in [2.24, 2.45) is 0 Å². The number of hydrogen-bond acceptors (Lipinski definition) is 2. The van der Waals surface area contributed by atoms with Gasteiger partial charge in [-0.1, -0.05) is 35.5 Å². The lowest BCUT2D eigenvalue weighted by atomic mass is 10.1. The quantitative estimate of drug-likeness (QED) is 0.594. The van der Waals surface area contributed by atoms with Crippen LogP contribution in [0.5, 0.6) is 0 Å². The fourth-order valence-corrected chi connectivity index (χ4v) is 1.63. The second-order valence-corrected chi connectivity index (χ2v) is 3.32. The van der Waals surface area contributed by atoms with Crippen LogP contribution in [0.2, 0.25) is 0 Å². The summed E-state index contributed by atoms with van der Waals surface area (Å²) in [7, 11) is 0. The molecule has 0 saturated carbocycles. The van der Waals surface area contributed by atoms with E-state index in [1.165, 1.54) is 0 Å². The van der Waals surface area contributed by atoms with E-state index in [4.69, 9.17) is 4.52 Å². The molecule has 0 N–H and O–H groups in total. The molecule has 2 heteroatoms. The van der Waals surface area contributed by atoms with E-state index in [9.17, 15) is 0 Å². The SMILES string of the molecule is [c]1cccc(-c2noc3ccccc23)c1. The first-order chi connectivity index (χ1) is 7.45. The van der Waals surface area contributed by atoms with Crippen molar-refractivity contribution >= 4 is 11.0 Å². The van der Waals surface area contributed by atoms with Crippen LogP contribution in [0.3, 0.4) is 0 Å². The highest BCUT2D eigenvalue weighted by molar-refractivity contribution is 5.91. The van der Waals surface area contributed by atoms with Crippen molar-refractivity contribution < 1.29 is 4.52 Å². The third-order valence-corrected chi connectivity index (χ3v) is 2.36. The number of fused-ring (bicyclic) bond motifs is 1. The second kappa shape index (κ2) is 3.24. The Labute approximate surface area is 87.1 Å². The summed E-state index contributed by atoms with van der Waals surface area (Å²) in [5.41, 5.74) is 2.72. The van der Waals surface area contributed by atoms with Crippen LogP contribution in [0.25, 0.3) is 22.2 Å². The summed E-state index contributed by atoms with van der Waals surface area (Å²) in [5.74, 6) is 0. The lowest BCUT2D eigenvalue weighted by Crippen LogP contribution is -1.76. The minimum atomic E-state index is 0.816. The van der Waals surface area contributed by atoms with Crippen molar-refractivity contribution in [2.45, 2.75) is 0 Å². The normalized spacial score (nSPS) is 10.7. The highest BCUT2D eigenvalue weighted by atomic mass is 16.5. The Kier molecular flexibility index (Phi) is 1.78. The summed E-state index contributed by atoms with van der Waals surface area (Å²) >= 11 is 0. The molecule has 0 saturated heterocycles. The summed E-state index contributed by atoms with van der Waals surface area (Å²) in [6.07, 6.45) is 0. The number of aromatic nitrogens is 1. The molecule has 1 aromatic heterocycles. The molecule has 0 bridgehead atoms. The molecule has 2 aromatic carbocycles. The van der Waals surface area contributed by atoms with Gasteiger partial charge in [0.2, 0.25) is 0 Å². The average molecular weight is 194 g/mol. The smallest absolute Gasteiger partial charge is 0.167 e. The molecule has 3 rings (SSSR count). The zero-order valence-corrected chi connectivity index (χ0v) is 7.97. The first-order valence-electron chi connectivity index (χ1n) is 4.76. The molecule has 0 spiro atoms. The fraction of sp³-hybridized carbons (Fsp3) is 0. The summed E-state index contributed by atoms with van der Waals surface area (Å²) in [6, 6.07) is 18.6. The average Bonchev–Trinajstić information content (AvgIpc) is 2.74. The third-order valence-electron chi connectivity index (χ3n) is 2.36. The van der Waals surface area contributed by atoms with E-state index in [-0.39, 0.29) is 0 Å². The Morgan fingerprint density at radius 3 is 2.87 bits per heavy atom. The van der Waals surface area contributed by atoms with E-state index < -0.39 is 0 Å². The second-order valence-electron chi connectivity index (χ2n) is 3.32. The first kappa shape index (κ1) is 8.24. The molecule has 3 aromatic rings. The Morgan fingerprint density at radius 1 is 1.07 bits per heavy atom. The zero-order chi connectivity index (χ0) is 10.1. The van der Waals surface area contributed by atoms with Gasteiger partial charge in [0.25, 0.3) is 0 Å². The predicted molar refractivity (Wildman–Crippen MR) is 58.3 cm³/mol. The number of hydrogen-bond donors (Lipinski definition) is 0. The minimum absolute atomic E-state index is 0.816. The van der Waals surface area contributed by atoms with Crippen molar-refractivity contribution in [3.05, 3.63) is 54.6 Å². The number of para-hydroxylation sites is 1. The van der Waals surface area contributed by atoms with Gasteiger partial charge >= 0.3 is 0 Å². The zero-order valence-electron chi connectivity index (χ0n) is 7.97. The van der Waals surface area contributed by atoms with Crippen LogP contribution in [-0.2, 0) is 0 Å². The molecular formula is C13H8NO. The van der Waals surface area contributed by atoms with Crippen LogP contribution in [0, 0.1) is 6.07 Å². The van der Waals surface area contributed by atoms with Crippen LogP contribution >= 0.6 is 0 Å². The maximum atomic E-state index is 5.24. The van der Waals surface area contributed by atoms with E-state index in [1.54, 1.807) is 0 Å². The molecule has 0 atom stereocenters. The van der Waals surface area contributed by atoms with Crippen LogP contribution in [0.4, 0.5) is 0 Å². The van der Waals surface area contributed by atoms with Gasteiger partial charge in [0.1, 0.15) is 5.69 Å². The molecule has 71 valence electrons. The maximum absolute atomic E-state index is 5.24. The standard InChI is InChI=1S/C13H8NO/c1-2-6-10(7-3-1)13-11-8-4-5-9-12(11)15-14-13/h1-2,4-9H. The molecule has 1 heterocycles. The van der Waals surface area contributed by atoms with E-state index in [1.807, 2.05) is 48.5 Å². The van der Waals surface area contributed by atoms with Crippen molar-refractivity contribution in [2.75, 3.05) is 0 Å². The van der Waals surface area contributed by atoms with E-state index >= 15 is 0 Å². The van der Waals surface area contributed by atoms with Gasteiger partial charge in [-0.05, 0) is 24.3 Å². The molecule has 0 unspecified atom stereocenters. The van der Waals surface area contributed by atoms with Crippen LogP contribution in [0.15, 0.2) is 53.1 Å². The van der Waals surface area contributed by atoms with Crippen molar-refractivity contribution in [3.63, 3.8) is 0 Å². The monoisotopic (exact) mass is 194 g/mol. The lowest BCUT2D eigenvalue weighted by Gasteiger charge is -1.94. The number of benzene rings is 2. The van der Waals surface area contributed by atoms with Crippen LogP contribution in [-0.4, -0.2) is 5.16 Å². The van der Waals surface area contributed by atoms with Gasteiger partial charge in [0.05, 0.1) is 0 Å². The van der Waals surface area contributed by atoms with Gasteiger partial charge < -0.3 is 4.52 Å². The summed E-state index contributed by atoms with van der Waals surface area (Å²) < 4.78 is 5.24. The van der Waals surface area contributed by atoms with Crippen LogP contribution < -0.4 is 0 Å². The predicted octanol–water partition coefficient (Wildman–Crippen LogP) is 3.29. The van der Waals surface area contributed by atoms with Gasteiger partial charge in [-0.25, -0.2) is 0 Å². The van der Waals surface area contributed by atoms with Crippen molar-refractivity contribution in [1.82, 2.24) is 5.16 Å². The van der Waals surface area contributed by atoms with Gasteiger partial charge in [0, 0.05) is 10.9 Å². The summed E-state index contributed by atoms with van der Waals surface area (Å²) in [5, 5.41) is 5.11. The molecule has 0 aliphatic carbocycles. The maximum Gasteiger partial charge on any atom is 0.167 e. The van der Waals surface area contributed by atoms with E-state index in [0.717, 1.165) is 22.2 Å². The summed E-state index contributed by atoms with van der Waals surface area (Å²) in [6.45, 7) is 0. The lowest BCUT2D eigenvalue weighted by molar-refractivity contribution is 0.459. The Bertz CT molecular complexity index is 584. The highest BCUT2D eigenvalue weighted by Crippen LogP contribution is 2.26. The Morgan fingerprint density at radius 2 is 2.00 bits per heavy atom. The van der Waals surface area contributed by atoms with Gasteiger partial charge in [-0.3, -0.25) is 0 Å². The van der Waals surface area contributed by atoms with Gasteiger partial charge in [-0.15, -0.1) is 0 Å². The fourth-order valence-electron chi connectivity index (χ4n) is 1.63. The third kappa shape index (κ3) is 1.31. The minimum Gasteiger partial charge on any atom is -0.356 e. The molecule has 0 amide bonds. The molecule has 2 nitrogen and oxygen atoms in total. The van der Waals surface area contributed by atoms with Gasteiger partial charge in [0.15, 0.2) is 5.58 Å². The molecule has 15 heavy (non-hydrogen) atoms. The number of rotatable bonds is 1. The number of nitrogens with zero attached hydrogens (tertiary/aromatic N) is 1. The molecule has 0 aliphatic rings. The molecule has 1 radical (unpaired) electrons. The van der Waals surface area contributed by atoms with Crippen molar-refractivity contribution in [3.8, 4) is 11.3 Å². The van der Waals surface area contributed by atoms with Crippen molar-refractivity contribution in [1.29, 1.82) is 0 Å². The van der Waals surface area contributed by atoms with Crippen LogP contribution in [0.1, 0.15) is 0 Å². The molecular weight excluding hydrogens is 186 g/mol. The Hall–Kier alpha value is -2.09. The Balaban J connectivity index is 2.28. The molecule has 0 aliphatic heterocycles. The summed E-state index contributed by atoms with van der Waals surface area (Å²) in [4.78, 5) is 0. The first-order valence-corrected chi connectivity index (χ1v) is 4.76. The van der Waals surface area contributed by atoms with Gasteiger partial charge in [-0.2, -0.15) is 0 Å². The van der Waals surface area contributed by atoms with E-state index in [2.05, 4.69) is 11.2 Å². The topological polar surface area (TPSA) is 26.0 Å². The molecule has 0 fully saturated rings. The largest absolute Gasteiger partial charge is 0.356 e. The van der Waals surface area contributed by atoms with E-state index in [0.29, 0.717) is 0 Å².